The van der Waals surface area contributed by atoms with E-state index in [2.05, 4.69) is 15.3 Å². The predicted octanol–water partition coefficient (Wildman–Crippen LogP) is 0.956. The summed E-state index contributed by atoms with van der Waals surface area (Å²) < 4.78 is 45.1. The van der Waals surface area contributed by atoms with Crippen molar-refractivity contribution < 1.29 is 22.3 Å². The number of anilines is 2. The number of carbonyl (C=O) groups excluding carboxylic acids is 1. The van der Waals surface area contributed by atoms with Crippen LogP contribution in [-0.2, 0) is 10.0 Å². The van der Waals surface area contributed by atoms with Crippen LogP contribution in [0.4, 0.5) is 16.2 Å². The van der Waals surface area contributed by atoms with Gasteiger partial charge in [0.2, 0.25) is 21.8 Å². The Kier molecular flexibility index (Phi) is 5.99. The monoisotopic (exact) mass is 423 g/mol. The highest BCUT2D eigenvalue weighted by molar-refractivity contribution is 7.92. The van der Waals surface area contributed by atoms with Gasteiger partial charge in [-0.3, -0.25) is 4.79 Å². The quantitative estimate of drug-likeness (QED) is 0.630. The van der Waals surface area contributed by atoms with Crippen molar-refractivity contribution in [1.29, 1.82) is 0 Å². The van der Waals surface area contributed by atoms with Gasteiger partial charge in [-0.15, -0.1) is 0 Å². The van der Waals surface area contributed by atoms with Crippen LogP contribution in [-0.4, -0.2) is 56.2 Å². The van der Waals surface area contributed by atoms with Crippen molar-refractivity contribution in [1.82, 2.24) is 15.3 Å². The molecule has 29 heavy (non-hydrogen) atoms. The van der Waals surface area contributed by atoms with E-state index in [0.29, 0.717) is 19.5 Å². The number of hydrogen-bond donors (Lipinski definition) is 2. The number of benzene rings is 1. The first-order chi connectivity index (χ1) is 13.8. The Labute approximate surface area is 168 Å². The number of ether oxygens (including phenoxy) is 1. The molecule has 156 valence electrons. The lowest BCUT2D eigenvalue weighted by Gasteiger charge is -2.27. The molecule has 1 aromatic heterocycles. The third kappa shape index (κ3) is 4.15. The second-order valence-electron chi connectivity index (χ2n) is 6.49. The largest absolute Gasteiger partial charge is 0.496 e. The molecule has 1 saturated heterocycles. The number of nitrogen functional groups attached to an aromatic ring is 1. The molecule has 1 atom stereocenters. The molecule has 1 aliphatic heterocycles. The van der Waals surface area contributed by atoms with Crippen LogP contribution in [0.25, 0.3) is 0 Å². The molecular formula is C18H22FN5O4S. The zero-order chi connectivity index (χ0) is 21.2. The van der Waals surface area contributed by atoms with Crippen LogP contribution in [0.15, 0.2) is 24.4 Å². The normalized spacial score (nSPS) is 16.6. The zero-order valence-electron chi connectivity index (χ0n) is 16.1. The number of ketones is 1. The summed E-state index contributed by atoms with van der Waals surface area (Å²) in [5, 5.41) is 3.11. The minimum Gasteiger partial charge on any atom is -0.496 e. The molecule has 11 heteroatoms. The van der Waals surface area contributed by atoms with Crippen LogP contribution in [0.1, 0.15) is 29.3 Å². The summed E-state index contributed by atoms with van der Waals surface area (Å²) >= 11 is 0. The summed E-state index contributed by atoms with van der Waals surface area (Å²) in [5.74, 6) is -1.49. The molecule has 0 amide bonds. The van der Waals surface area contributed by atoms with Crippen molar-refractivity contribution in [3.63, 3.8) is 0 Å². The highest BCUT2D eigenvalue weighted by Gasteiger charge is 2.34. The highest BCUT2D eigenvalue weighted by atomic mass is 32.2. The first kappa shape index (κ1) is 20.9. The van der Waals surface area contributed by atoms with E-state index in [1.165, 1.54) is 26.2 Å². The number of hydrogen-bond acceptors (Lipinski definition) is 8. The molecule has 0 saturated carbocycles. The first-order valence-electron chi connectivity index (χ1n) is 9.02. The molecule has 1 fully saturated rings. The third-order valence-corrected chi connectivity index (χ3v) is 6.47. The minimum absolute atomic E-state index is 0.0337. The number of nitrogens with one attached hydrogen (secondary N) is 1. The van der Waals surface area contributed by atoms with Crippen molar-refractivity contribution in [3.8, 4) is 5.75 Å². The van der Waals surface area contributed by atoms with Crippen LogP contribution in [0.2, 0.25) is 0 Å². The van der Waals surface area contributed by atoms with E-state index >= 15 is 0 Å². The summed E-state index contributed by atoms with van der Waals surface area (Å²) in [6.07, 6.45) is 1.76. The average Bonchev–Trinajstić information content (AvgIpc) is 3.21. The van der Waals surface area contributed by atoms with Gasteiger partial charge in [-0.2, -0.15) is 4.98 Å². The topological polar surface area (TPSA) is 128 Å². The van der Waals surface area contributed by atoms with Gasteiger partial charge >= 0.3 is 0 Å². The lowest BCUT2D eigenvalue weighted by molar-refractivity contribution is 0.103. The molecule has 1 aliphatic rings. The molecular weight excluding hydrogens is 401 g/mol. The summed E-state index contributed by atoms with van der Waals surface area (Å²) in [6, 6.07) is 3.19. The van der Waals surface area contributed by atoms with Gasteiger partial charge < -0.3 is 15.8 Å². The second kappa shape index (κ2) is 8.29. The van der Waals surface area contributed by atoms with Gasteiger partial charge in [0.1, 0.15) is 17.4 Å². The lowest BCUT2D eigenvalue weighted by Crippen LogP contribution is -2.43. The maximum atomic E-state index is 13.6. The van der Waals surface area contributed by atoms with Gasteiger partial charge in [0.05, 0.1) is 30.0 Å². The Morgan fingerprint density at radius 3 is 2.76 bits per heavy atom. The smallest absolute Gasteiger partial charge is 0.241 e. The summed E-state index contributed by atoms with van der Waals surface area (Å²) in [4.78, 5) is 21.0. The Morgan fingerprint density at radius 1 is 1.41 bits per heavy atom. The van der Waals surface area contributed by atoms with Gasteiger partial charge in [-0.1, -0.05) is 0 Å². The predicted molar refractivity (Wildman–Crippen MR) is 106 cm³/mol. The van der Waals surface area contributed by atoms with Crippen molar-refractivity contribution in [3.05, 3.63) is 41.3 Å². The Hall–Kier alpha value is -2.79. The van der Waals surface area contributed by atoms with E-state index in [1.54, 1.807) is 0 Å². The number of nitrogens with two attached hydrogens (primary N) is 1. The van der Waals surface area contributed by atoms with Crippen molar-refractivity contribution in [2.75, 3.05) is 36.0 Å². The second-order valence-corrected chi connectivity index (χ2v) is 8.62. The van der Waals surface area contributed by atoms with Crippen LogP contribution in [0.5, 0.6) is 5.75 Å². The van der Waals surface area contributed by atoms with Gasteiger partial charge in [-0.05, 0) is 38.1 Å². The number of rotatable bonds is 7. The van der Waals surface area contributed by atoms with E-state index in [1.807, 2.05) is 0 Å². The van der Waals surface area contributed by atoms with Gasteiger partial charge in [0, 0.05) is 12.7 Å². The van der Waals surface area contributed by atoms with Crippen LogP contribution in [0, 0.1) is 5.82 Å². The SMILES string of the molecule is CCS(=O)(=O)N(c1ncc(C(=O)c2cc(F)ccc2OC)c(N)n1)[C@H]1CCNC1. The molecule has 0 bridgehead atoms. The number of methoxy groups -OCH3 is 1. The Morgan fingerprint density at radius 2 is 2.17 bits per heavy atom. The highest BCUT2D eigenvalue weighted by Crippen LogP contribution is 2.27. The summed E-state index contributed by atoms with van der Waals surface area (Å²) in [6.45, 7) is 2.66. The molecule has 0 unspecified atom stereocenters. The maximum absolute atomic E-state index is 13.6. The van der Waals surface area contributed by atoms with Gasteiger partial charge in [0.25, 0.3) is 0 Å². The van der Waals surface area contributed by atoms with Crippen LogP contribution in [0.3, 0.4) is 0 Å². The molecule has 2 heterocycles. The summed E-state index contributed by atoms with van der Waals surface area (Å²) in [7, 11) is -2.30. The molecule has 0 radical (unpaired) electrons. The molecule has 3 N–H and O–H groups in total. The standard InChI is InChI=1S/C18H22FN5O4S/c1-3-29(26,27)24(12-6-7-21-9-12)18-22-10-14(17(20)23-18)16(25)13-8-11(19)4-5-15(13)28-2/h4-5,8,10,12,21H,3,6-7,9H2,1-2H3,(H2,20,22,23)/t12-/m0/s1. The molecule has 3 rings (SSSR count). The molecule has 0 spiro atoms. The Balaban J connectivity index is 2.01. The van der Waals surface area contributed by atoms with E-state index in [-0.39, 0.29) is 40.4 Å². The van der Waals surface area contributed by atoms with E-state index < -0.39 is 21.6 Å². The molecule has 1 aromatic carbocycles. The van der Waals surface area contributed by atoms with Crippen LogP contribution < -0.4 is 20.1 Å². The Bertz CT molecular complexity index is 1020. The first-order valence-corrected chi connectivity index (χ1v) is 10.6. The molecule has 9 nitrogen and oxygen atoms in total. The fraction of sp³-hybridized carbons (Fsp3) is 0.389. The van der Waals surface area contributed by atoms with Gasteiger partial charge in [-0.25, -0.2) is 22.1 Å². The van der Waals surface area contributed by atoms with Crippen LogP contribution >= 0.6 is 0 Å². The lowest BCUT2D eigenvalue weighted by atomic mass is 10.0. The maximum Gasteiger partial charge on any atom is 0.241 e. The van der Waals surface area contributed by atoms with E-state index in [4.69, 9.17) is 10.5 Å². The van der Waals surface area contributed by atoms with Crippen molar-refractivity contribution in [2.45, 2.75) is 19.4 Å². The zero-order valence-corrected chi connectivity index (χ0v) is 16.9. The average molecular weight is 423 g/mol. The third-order valence-electron chi connectivity index (χ3n) is 4.68. The molecule has 2 aromatic rings. The summed E-state index contributed by atoms with van der Waals surface area (Å²) in [5.41, 5.74) is 5.86. The fourth-order valence-corrected chi connectivity index (χ4v) is 4.41. The number of sulfonamides is 1. The van der Waals surface area contributed by atoms with E-state index in [0.717, 1.165) is 16.6 Å². The number of carbonyl (C=O) groups is 1. The number of aromatic nitrogens is 2. The van der Waals surface area contributed by atoms with Crippen molar-refractivity contribution in [2.24, 2.45) is 0 Å². The van der Waals surface area contributed by atoms with Gasteiger partial charge in [0.15, 0.2) is 0 Å². The minimum atomic E-state index is -3.66. The number of halogens is 1. The van der Waals surface area contributed by atoms with Crippen molar-refractivity contribution >= 4 is 27.6 Å². The van der Waals surface area contributed by atoms with E-state index in [9.17, 15) is 17.6 Å². The number of nitrogens with zero attached hydrogens (tertiary/aromatic N) is 3. The molecule has 0 aliphatic carbocycles. The fourth-order valence-electron chi connectivity index (χ4n) is 3.16.